The molecule has 2 heterocycles. The molecule has 1 N–H and O–H groups in total. The predicted octanol–water partition coefficient (Wildman–Crippen LogP) is 2.58. The van der Waals surface area contributed by atoms with Gasteiger partial charge in [-0.25, -0.2) is 0 Å². The van der Waals surface area contributed by atoms with E-state index >= 15 is 0 Å². The molecule has 3 rings (SSSR count). The van der Waals surface area contributed by atoms with E-state index in [1.165, 1.54) is 49.2 Å². The van der Waals surface area contributed by atoms with Crippen LogP contribution < -0.4 is 10.2 Å². The Morgan fingerprint density at radius 1 is 1.37 bits per heavy atom. The molecule has 0 bridgehead atoms. The molecular formula is C16H25N3. The van der Waals surface area contributed by atoms with Crippen molar-refractivity contribution >= 4 is 11.4 Å². The average Bonchev–Trinajstić information content (AvgIpc) is 2.83. The number of likely N-dealkylation sites (N-methyl/N-ethyl adjacent to an activating group) is 2. The lowest BCUT2D eigenvalue weighted by atomic mass is 10.0. The van der Waals surface area contributed by atoms with Crippen LogP contribution in [0.5, 0.6) is 0 Å². The van der Waals surface area contributed by atoms with Gasteiger partial charge in [0.1, 0.15) is 0 Å². The quantitative estimate of drug-likeness (QED) is 0.900. The number of nitrogens with one attached hydrogen (secondary N) is 1. The lowest BCUT2D eigenvalue weighted by molar-refractivity contribution is 0.314. The second kappa shape index (κ2) is 5.41. The number of nitrogens with zero attached hydrogens (tertiary/aromatic N) is 2. The molecule has 1 atom stereocenters. The van der Waals surface area contributed by atoms with E-state index in [1.807, 2.05) is 0 Å². The molecule has 0 radical (unpaired) electrons. The largest absolute Gasteiger partial charge is 0.385 e. The first-order valence-corrected chi connectivity index (χ1v) is 7.53. The van der Waals surface area contributed by atoms with Gasteiger partial charge in [-0.05, 0) is 57.0 Å². The Kier molecular flexibility index (Phi) is 3.65. The summed E-state index contributed by atoms with van der Waals surface area (Å²) in [6.07, 6.45) is 5.15. The summed E-state index contributed by atoms with van der Waals surface area (Å²) in [6.45, 7) is 3.52. The summed E-state index contributed by atoms with van der Waals surface area (Å²) >= 11 is 0. The number of hydrogen-bond donors (Lipinski definition) is 1. The SMILES string of the molecule is CN(CC1CCCN1C)c1cccc2c1CCCN2. The Labute approximate surface area is 116 Å². The Balaban J connectivity index is 1.77. The highest BCUT2D eigenvalue weighted by molar-refractivity contribution is 5.67. The minimum Gasteiger partial charge on any atom is -0.385 e. The molecule has 2 aliphatic heterocycles. The van der Waals surface area contributed by atoms with Gasteiger partial charge in [-0.2, -0.15) is 0 Å². The smallest absolute Gasteiger partial charge is 0.0417 e. The van der Waals surface area contributed by atoms with Crippen LogP contribution in [0, 0.1) is 0 Å². The van der Waals surface area contributed by atoms with Crippen LogP contribution in [0.1, 0.15) is 24.8 Å². The van der Waals surface area contributed by atoms with Crippen molar-refractivity contribution in [3.8, 4) is 0 Å². The standard InChI is InChI=1S/C16H25N3/c1-18-11-5-6-13(18)12-19(2)16-9-3-8-15-14(16)7-4-10-17-15/h3,8-9,13,17H,4-7,10-12H2,1-2H3. The first kappa shape index (κ1) is 12.8. The Bertz CT molecular complexity index is 444. The molecular weight excluding hydrogens is 234 g/mol. The lowest BCUT2D eigenvalue weighted by Crippen LogP contribution is -2.37. The van der Waals surface area contributed by atoms with Gasteiger partial charge in [0, 0.05) is 37.6 Å². The van der Waals surface area contributed by atoms with Gasteiger partial charge in [-0.15, -0.1) is 0 Å². The summed E-state index contributed by atoms with van der Waals surface area (Å²) in [6, 6.07) is 7.40. The fraction of sp³-hybridized carbons (Fsp3) is 0.625. The van der Waals surface area contributed by atoms with Gasteiger partial charge in [0.2, 0.25) is 0 Å². The van der Waals surface area contributed by atoms with Crippen molar-refractivity contribution in [2.75, 3.05) is 43.9 Å². The van der Waals surface area contributed by atoms with Gasteiger partial charge in [0.05, 0.1) is 0 Å². The number of rotatable bonds is 3. The van der Waals surface area contributed by atoms with Crippen molar-refractivity contribution in [3.05, 3.63) is 23.8 Å². The molecule has 3 heteroatoms. The Morgan fingerprint density at radius 3 is 3.05 bits per heavy atom. The van der Waals surface area contributed by atoms with Crippen LogP contribution in [0.4, 0.5) is 11.4 Å². The molecule has 1 fully saturated rings. The summed E-state index contributed by atoms with van der Waals surface area (Å²) in [5.74, 6) is 0. The molecule has 2 aliphatic rings. The minimum absolute atomic E-state index is 0.720. The topological polar surface area (TPSA) is 18.5 Å². The van der Waals surface area contributed by atoms with Crippen LogP contribution in [0.2, 0.25) is 0 Å². The zero-order chi connectivity index (χ0) is 13.2. The maximum Gasteiger partial charge on any atom is 0.0417 e. The molecule has 0 aromatic heterocycles. The second-order valence-corrected chi connectivity index (χ2v) is 5.99. The number of benzene rings is 1. The number of anilines is 2. The maximum absolute atomic E-state index is 3.52. The molecule has 0 amide bonds. The average molecular weight is 259 g/mol. The van der Waals surface area contributed by atoms with Crippen LogP contribution >= 0.6 is 0 Å². The summed E-state index contributed by atoms with van der Waals surface area (Å²) < 4.78 is 0. The van der Waals surface area contributed by atoms with E-state index in [4.69, 9.17) is 0 Å². The Hall–Kier alpha value is -1.22. The molecule has 0 spiro atoms. The molecule has 1 unspecified atom stereocenters. The number of hydrogen-bond acceptors (Lipinski definition) is 3. The third-order valence-electron chi connectivity index (χ3n) is 4.64. The van der Waals surface area contributed by atoms with E-state index in [0.29, 0.717) is 0 Å². The summed E-state index contributed by atoms with van der Waals surface area (Å²) in [7, 11) is 4.50. The van der Waals surface area contributed by atoms with E-state index in [0.717, 1.165) is 19.1 Å². The van der Waals surface area contributed by atoms with Gasteiger partial charge < -0.3 is 15.1 Å². The summed E-state index contributed by atoms with van der Waals surface area (Å²) in [4.78, 5) is 4.96. The van der Waals surface area contributed by atoms with Gasteiger partial charge in [-0.3, -0.25) is 0 Å². The van der Waals surface area contributed by atoms with Crippen molar-refractivity contribution in [1.82, 2.24) is 4.90 Å². The van der Waals surface area contributed by atoms with Crippen molar-refractivity contribution in [2.45, 2.75) is 31.7 Å². The first-order valence-electron chi connectivity index (χ1n) is 7.53. The fourth-order valence-electron chi connectivity index (χ4n) is 3.47. The lowest BCUT2D eigenvalue weighted by Gasteiger charge is -2.31. The molecule has 0 saturated carbocycles. The van der Waals surface area contributed by atoms with Crippen molar-refractivity contribution in [1.29, 1.82) is 0 Å². The molecule has 3 nitrogen and oxygen atoms in total. The third kappa shape index (κ3) is 2.57. The minimum atomic E-state index is 0.720. The molecule has 1 aromatic rings. The van der Waals surface area contributed by atoms with Crippen LogP contribution in [0.3, 0.4) is 0 Å². The molecule has 0 aliphatic carbocycles. The van der Waals surface area contributed by atoms with Crippen molar-refractivity contribution < 1.29 is 0 Å². The predicted molar refractivity (Wildman–Crippen MR) is 82.2 cm³/mol. The molecule has 1 aromatic carbocycles. The third-order valence-corrected chi connectivity index (χ3v) is 4.64. The molecule has 1 saturated heterocycles. The van der Waals surface area contributed by atoms with E-state index in [1.54, 1.807) is 0 Å². The highest BCUT2D eigenvalue weighted by atomic mass is 15.2. The zero-order valence-corrected chi connectivity index (χ0v) is 12.2. The molecule has 19 heavy (non-hydrogen) atoms. The van der Waals surface area contributed by atoms with E-state index in [-0.39, 0.29) is 0 Å². The normalized spacial score (nSPS) is 22.9. The van der Waals surface area contributed by atoms with Gasteiger partial charge >= 0.3 is 0 Å². The number of likely N-dealkylation sites (tertiary alicyclic amines) is 1. The van der Waals surface area contributed by atoms with Crippen LogP contribution in [-0.2, 0) is 6.42 Å². The first-order chi connectivity index (χ1) is 9.25. The summed E-state index contributed by atoms with van der Waals surface area (Å²) in [5, 5.41) is 3.52. The van der Waals surface area contributed by atoms with Crippen LogP contribution in [0.15, 0.2) is 18.2 Å². The zero-order valence-electron chi connectivity index (χ0n) is 12.2. The van der Waals surface area contributed by atoms with E-state index in [9.17, 15) is 0 Å². The Morgan fingerprint density at radius 2 is 2.26 bits per heavy atom. The second-order valence-electron chi connectivity index (χ2n) is 5.99. The van der Waals surface area contributed by atoms with Crippen LogP contribution in [0.25, 0.3) is 0 Å². The summed E-state index contributed by atoms with van der Waals surface area (Å²) in [5.41, 5.74) is 4.28. The fourth-order valence-corrected chi connectivity index (χ4v) is 3.47. The monoisotopic (exact) mass is 259 g/mol. The highest BCUT2D eigenvalue weighted by Gasteiger charge is 2.23. The highest BCUT2D eigenvalue weighted by Crippen LogP contribution is 2.31. The van der Waals surface area contributed by atoms with E-state index in [2.05, 4.69) is 47.4 Å². The van der Waals surface area contributed by atoms with Crippen molar-refractivity contribution in [3.63, 3.8) is 0 Å². The number of fused-ring (bicyclic) bond motifs is 1. The van der Waals surface area contributed by atoms with E-state index < -0.39 is 0 Å². The van der Waals surface area contributed by atoms with Gasteiger partial charge in [-0.1, -0.05) is 6.07 Å². The van der Waals surface area contributed by atoms with Gasteiger partial charge in [0.15, 0.2) is 0 Å². The van der Waals surface area contributed by atoms with Crippen LogP contribution in [-0.4, -0.2) is 44.7 Å². The molecule has 104 valence electrons. The van der Waals surface area contributed by atoms with Crippen molar-refractivity contribution in [2.24, 2.45) is 0 Å². The maximum atomic E-state index is 3.52. The van der Waals surface area contributed by atoms with Gasteiger partial charge in [0.25, 0.3) is 0 Å².